The Bertz CT molecular complexity index is 648. The summed E-state index contributed by atoms with van der Waals surface area (Å²) in [6.07, 6.45) is 0. The van der Waals surface area contributed by atoms with Crippen LogP contribution in [0, 0.1) is 17.1 Å². The highest BCUT2D eigenvalue weighted by Gasteiger charge is 2.14. The molecule has 0 bridgehead atoms. The quantitative estimate of drug-likeness (QED) is 0.851. The van der Waals surface area contributed by atoms with Crippen LogP contribution in [0.2, 0.25) is 0 Å². The van der Waals surface area contributed by atoms with E-state index < -0.39 is 11.7 Å². The van der Waals surface area contributed by atoms with Crippen molar-refractivity contribution in [1.82, 2.24) is 10.2 Å². The molecule has 0 radical (unpaired) electrons. The summed E-state index contributed by atoms with van der Waals surface area (Å²) in [4.78, 5) is 11.6. The van der Waals surface area contributed by atoms with Gasteiger partial charge < -0.3 is 11.1 Å². The molecule has 90 valence electrons. The molecule has 1 heterocycles. The number of nitriles is 1. The molecule has 0 aliphatic heterocycles. The molecule has 0 spiro atoms. The fourth-order valence-electron chi connectivity index (χ4n) is 1.19. The number of nitrogens with one attached hydrogen (secondary N) is 1. The molecule has 0 atom stereocenters. The van der Waals surface area contributed by atoms with Crippen molar-refractivity contribution in [3.63, 3.8) is 0 Å². The molecule has 0 aliphatic rings. The first-order valence-corrected chi connectivity index (χ1v) is 5.52. The van der Waals surface area contributed by atoms with Gasteiger partial charge in [-0.1, -0.05) is 11.3 Å². The number of nitrogen functional groups attached to an aromatic ring is 1. The van der Waals surface area contributed by atoms with Crippen molar-refractivity contribution < 1.29 is 9.18 Å². The number of nitrogens with two attached hydrogens (primary N) is 1. The van der Waals surface area contributed by atoms with Gasteiger partial charge in [-0.15, -0.1) is 10.2 Å². The van der Waals surface area contributed by atoms with E-state index >= 15 is 0 Å². The van der Waals surface area contributed by atoms with E-state index in [1.807, 2.05) is 0 Å². The van der Waals surface area contributed by atoms with Gasteiger partial charge in [0.05, 0.1) is 17.3 Å². The van der Waals surface area contributed by atoms with Crippen LogP contribution in [-0.2, 0) is 0 Å². The second-order valence-electron chi connectivity index (χ2n) is 3.21. The second-order valence-corrected chi connectivity index (χ2v) is 4.22. The molecule has 1 amide bonds. The molecule has 6 nitrogen and oxygen atoms in total. The average Bonchev–Trinajstić information content (AvgIpc) is 2.78. The molecule has 3 N–H and O–H groups in total. The highest BCUT2D eigenvalue weighted by Crippen LogP contribution is 2.18. The van der Waals surface area contributed by atoms with Gasteiger partial charge in [-0.3, -0.25) is 4.79 Å². The molecule has 18 heavy (non-hydrogen) atoms. The number of amides is 1. The number of aromatic nitrogens is 2. The van der Waals surface area contributed by atoms with Crippen LogP contribution in [0.1, 0.15) is 15.4 Å². The van der Waals surface area contributed by atoms with E-state index in [2.05, 4.69) is 15.5 Å². The Morgan fingerprint density at radius 3 is 2.83 bits per heavy atom. The van der Waals surface area contributed by atoms with E-state index in [0.29, 0.717) is 0 Å². The molecule has 1 aromatic heterocycles. The van der Waals surface area contributed by atoms with Crippen LogP contribution in [0.5, 0.6) is 0 Å². The summed E-state index contributed by atoms with van der Waals surface area (Å²) >= 11 is 0.897. The number of halogens is 1. The van der Waals surface area contributed by atoms with E-state index in [1.54, 1.807) is 6.07 Å². The van der Waals surface area contributed by atoms with Crippen LogP contribution in [0.25, 0.3) is 0 Å². The van der Waals surface area contributed by atoms with Crippen LogP contribution >= 0.6 is 11.3 Å². The van der Waals surface area contributed by atoms with E-state index in [4.69, 9.17) is 11.0 Å². The molecule has 0 fully saturated rings. The fourth-order valence-corrected chi connectivity index (χ4v) is 1.69. The molecule has 2 rings (SSSR count). The standard InChI is InChI=1S/C10H6FN5OS/c11-6-3-5(4-12)1-2-7(6)14-8(17)9-15-16-10(13)18-9/h1-3H,(H2,13,16)(H,14,17). The van der Waals surface area contributed by atoms with Gasteiger partial charge >= 0.3 is 0 Å². The van der Waals surface area contributed by atoms with Crippen molar-refractivity contribution in [3.8, 4) is 6.07 Å². The lowest BCUT2D eigenvalue weighted by Crippen LogP contribution is -2.12. The minimum Gasteiger partial charge on any atom is -0.374 e. The van der Waals surface area contributed by atoms with Crippen molar-refractivity contribution >= 4 is 28.1 Å². The monoisotopic (exact) mass is 263 g/mol. The van der Waals surface area contributed by atoms with E-state index in [9.17, 15) is 9.18 Å². The average molecular weight is 263 g/mol. The zero-order chi connectivity index (χ0) is 13.1. The number of anilines is 2. The Labute approximate surface area is 105 Å². The summed E-state index contributed by atoms with van der Waals surface area (Å²) in [6, 6.07) is 5.52. The Kier molecular flexibility index (Phi) is 3.16. The van der Waals surface area contributed by atoms with Gasteiger partial charge in [0.25, 0.3) is 5.91 Å². The van der Waals surface area contributed by atoms with Crippen molar-refractivity contribution in [2.24, 2.45) is 0 Å². The second kappa shape index (κ2) is 4.77. The first-order valence-electron chi connectivity index (χ1n) is 4.70. The van der Waals surface area contributed by atoms with Crippen molar-refractivity contribution in [2.75, 3.05) is 11.1 Å². The molecule has 1 aromatic carbocycles. The summed E-state index contributed by atoms with van der Waals surface area (Å²) in [5.74, 6) is -1.30. The molecule has 0 saturated heterocycles. The van der Waals surface area contributed by atoms with Crippen LogP contribution in [0.15, 0.2) is 18.2 Å². The lowest BCUT2D eigenvalue weighted by atomic mass is 10.2. The van der Waals surface area contributed by atoms with E-state index in [0.717, 1.165) is 17.4 Å². The fraction of sp³-hybridized carbons (Fsp3) is 0. The lowest BCUT2D eigenvalue weighted by molar-refractivity contribution is 0.102. The highest BCUT2D eigenvalue weighted by atomic mass is 32.1. The van der Waals surface area contributed by atoms with Crippen LogP contribution in [0.4, 0.5) is 15.2 Å². The number of carbonyl (C=O) groups excluding carboxylic acids is 1. The van der Waals surface area contributed by atoms with Gasteiger partial charge in [-0.25, -0.2) is 4.39 Å². The van der Waals surface area contributed by atoms with Crippen molar-refractivity contribution in [1.29, 1.82) is 5.26 Å². The molecule has 0 saturated carbocycles. The van der Waals surface area contributed by atoms with Gasteiger partial charge in [-0.05, 0) is 18.2 Å². The Balaban J connectivity index is 2.20. The first-order chi connectivity index (χ1) is 8.60. The first kappa shape index (κ1) is 11.9. The van der Waals surface area contributed by atoms with E-state index in [1.165, 1.54) is 12.1 Å². The molecule has 0 aliphatic carbocycles. The molecule has 8 heteroatoms. The summed E-state index contributed by atoms with van der Waals surface area (Å²) in [5.41, 5.74) is 5.47. The molecule has 2 aromatic rings. The lowest BCUT2D eigenvalue weighted by Gasteiger charge is -2.03. The number of hydrogen-bond acceptors (Lipinski definition) is 6. The maximum Gasteiger partial charge on any atom is 0.286 e. The molecular formula is C10H6FN5OS. The Morgan fingerprint density at radius 1 is 1.50 bits per heavy atom. The Morgan fingerprint density at radius 2 is 2.28 bits per heavy atom. The third-order valence-electron chi connectivity index (χ3n) is 1.98. The Hall–Kier alpha value is -2.53. The van der Waals surface area contributed by atoms with Crippen LogP contribution in [-0.4, -0.2) is 16.1 Å². The van der Waals surface area contributed by atoms with Crippen molar-refractivity contribution in [2.45, 2.75) is 0 Å². The minimum absolute atomic E-state index is 0.0345. The zero-order valence-electron chi connectivity index (χ0n) is 8.85. The summed E-state index contributed by atoms with van der Waals surface area (Å²) < 4.78 is 13.5. The number of hydrogen-bond donors (Lipinski definition) is 2. The predicted octanol–water partition coefficient (Wildman–Crippen LogP) is 1.38. The number of carbonyl (C=O) groups is 1. The molecular weight excluding hydrogens is 257 g/mol. The maximum absolute atomic E-state index is 13.5. The highest BCUT2D eigenvalue weighted by molar-refractivity contribution is 7.16. The van der Waals surface area contributed by atoms with Gasteiger partial charge in [0, 0.05) is 0 Å². The van der Waals surface area contributed by atoms with E-state index in [-0.39, 0.29) is 21.4 Å². The third-order valence-corrected chi connectivity index (χ3v) is 2.73. The number of nitrogens with zero attached hydrogens (tertiary/aromatic N) is 3. The zero-order valence-corrected chi connectivity index (χ0v) is 9.66. The van der Waals surface area contributed by atoms with Crippen LogP contribution < -0.4 is 11.1 Å². The van der Waals surface area contributed by atoms with Gasteiger partial charge in [0.1, 0.15) is 5.82 Å². The summed E-state index contributed by atoms with van der Waals surface area (Å²) in [5, 5.41) is 18.1. The SMILES string of the molecule is N#Cc1ccc(NC(=O)c2nnc(N)s2)c(F)c1. The number of rotatable bonds is 2. The van der Waals surface area contributed by atoms with Crippen molar-refractivity contribution in [3.05, 3.63) is 34.6 Å². The smallest absolute Gasteiger partial charge is 0.286 e. The van der Waals surface area contributed by atoms with Gasteiger partial charge in [0.2, 0.25) is 10.1 Å². The number of benzene rings is 1. The largest absolute Gasteiger partial charge is 0.374 e. The topological polar surface area (TPSA) is 105 Å². The van der Waals surface area contributed by atoms with Gasteiger partial charge in [0.15, 0.2) is 0 Å². The maximum atomic E-state index is 13.5. The molecule has 0 unspecified atom stereocenters. The summed E-state index contributed by atoms with van der Waals surface area (Å²) in [7, 11) is 0. The summed E-state index contributed by atoms with van der Waals surface area (Å²) in [6.45, 7) is 0. The minimum atomic E-state index is -0.695. The normalized spacial score (nSPS) is 9.78. The third kappa shape index (κ3) is 2.41. The predicted molar refractivity (Wildman–Crippen MR) is 63.4 cm³/mol. The van der Waals surface area contributed by atoms with Gasteiger partial charge in [-0.2, -0.15) is 5.26 Å². The van der Waals surface area contributed by atoms with Crippen LogP contribution in [0.3, 0.4) is 0 Å².